The molecular formula is C20H21NO2. The van der Waals surface area contributed by atoms with Gasteiger partial charge < -0.3 is 14.1 Å². The van der Waals surface area contributed by atoms with E-state index >= 15 is 0 Å². The topological polar surface area (TPSA) is 25.6 Å². The van der Waals surface area contributed by atoms with Crippen LogP contribution in [0.3, 0.4) is 0 Å². The molecule has 0 amide bonds. The molecule has 1 aliphatic rings. The third-order valence-electron chi connectivity index (χ3n) is 4.47. The zero-order valence-electron chi connectivity index (χ0n) is 13.4. The summed E-state index contributed by atoms with van der Waals surface area (Å²) in [7, 11) is 2.17. The van der Waals surface area contributed by atoms with Crippen molar-refractivity contribution in [3.05, 3.63) is 65.4 Å². The van der Waals surface area contributed by atoms with E-state index in [9.17, 15) is 0 Å². The van der Waals surface area contributed by atoms with Crippen LogP contribution in [0.25, 0.3) is 11.0 Å². The predicted molar refractivity (Wildman–Crippen MR) is 91.6 cm³/mol. The first-order chi connectivity index (χ1) is 11.3. The Morgan fingerprint density at radius 2 is 2.00 bits per heavy atom. The minimum Gasteiger partial charge on any atom is -0.489 e. The molecule has 2 heterocycles. The van der Waals surface area contributed by atoms with E-state index in [0.717, 1.165) is 43.0 Å². The molecule has 0 spiro atoms. The molecule has 118 valence electrons. The first-order valence-corrected chi connectivity index (χ1v) is 8.19. The lowest BCUT2D eigenvalue weighted by atomic mass is 10.1. The minimum absolute atomic E-state index is 0.579. The maximum Gasteiger partial charge on any atom is 0.138 e. The van der Waals surface area contributed by atoms with Crippen LogP contribution >= 0.6 is 0 Å². The summed E-state index contributed by atoms with van der Waals surface area (Å²) in [5.41, 5.74) is 3.45. The average molecular weight is 307 g/mol. The molecular weight excluding hydrogens is 286 g/mol. The monoisotopic (exact) mass is 307 g/mol. The fourth-order valence-electron chi connectivity index (χ4n) is 3.25. The Kier molecular flexibility index (Phi) is 3.80. The van der Waals surface area contributed by atoms with Crippen molar-refractivity contribution >= 4 is 11.0 Å². The van der Waals surface area contributed by atoms with Crippen molar-refractivity contribution in [2.75, 3.05) is 13.6 Å². The summed E-state index contributed by atoms with van der Waals surface area (Å²) in [6.45, 7) is 2.67. The highest BCUT2D eigenvalue weighted by Gasteiger charge is 2.19. The van der Waals surface area contributed by atoms with Gasteiger partial charge in [-0.3, -0.25) is 0 Å². The van der Waals surface area contributed by atoms with Gasteiger partial charge in [-0.25, -0.2) is 0 Å². The van der Waals surface area contributed by atoms with E-state index in [4.69, 9.17) is 9.15 Å². The van der Waals surface area contributed by atoms with Crippen molar-refractivity contribution in [3.63, 3.8) is 0 Å². The molecule has 1 aliphatic heterocycles. The standard InChI is InChI=1S/C20H21NO2/c1-21-11-5-8-19-18(13-21)17-10-9-16(12-20(17)23-19)22-14-15-6-3-2-4-7-15/h2-4,6-7,9-10,12H,5,8,11,13-14H2,1H3. The zero-order chi connectivity index (χ0) is 15.6. The van der Waals surface area contributed by atoms with E-state index in [1.54, 1.807) is 0 Å². The van der Waals surface area contributed by atoms with Gasteiger partial charge in [0.2, 0.25) is 0 Å². The van der Waals surface area contributed by atoms with Crippen LogP contribution in [0.2, 0.25) is 0 Å². The summed E-state index contributed by atoms with van der Waals surface area (Å²) in [6, 6.07) is 16.4. The van der Waals surface area contributed by atoms with Crippen molar-refractivity contribution in [1.29, 1.82) is 0 Å². The highest BCUT2D eigenvalue weighted by molar-refractivity contribution is 5.83. The molecule has 3 aromatic rings. The van der Waals surface area contributed by atoms with E-state index < -0.39 is 0 Å². The summed E-state index contributed by atoms with van der Waals surface area (Å²) < 4.78 is 12.0. The Morgan fingerprint density at radius 1 is 1.13 bits per heavy atom. The molecule has 0 N–H and O–H groups in total. The molecule has 1 aromatic heterocycles. The third-order valence-corrected chi connectivity index (χ3v) is 4.47. The van der Waals surface area contributed by atoms with Crippen molar-refractivity contribution < 1.29 is 9.15 Å². The number of furan rings is 1. The Labute approximate surface area is 136 Å². The SMILES string of the molecule is CN1CCCc2oc3cc(OCc4ccccc4)ccc3c2C1. The molecule has 0 radical (unpaired) electrons. The van der Waals surface area contributed by atoms with E-state index in [2.05, 4.69) is 30.1 Å². The maximum absolute atomic E-state index is 6.10. The fourth-order valence-corrected chi connectivity index (χ4v) is 3.25. The van der Waals surface area contributed by atoms with E-state index in [0.29, 0.717) is 6.61 Å². The van der Waals surface area contributed by atoms with Gasteiger partial charge >= 0.3 is 0 Å². The second-order valence-corrected chi connectivity index (χ2v) is 6.28. The Morgan fingerprint density at radius 3 is 2.87 bits per heavy atom. The Balaban J connectivity index is 1.59. The molecule has 3 heteroatoms. The van der Waals surface area contributed by atoms with Gasteiger partial charge in [0.05, 0.1) is 0 Å². The molecule has 0 fully saturated rings. The number of aryl methyl sites for hydroxylation is 1. The van der Waals surface area contributed by atoms with Gasteiger partial charge in [-0.2, -0.15) is 0 Å². The minimum atomic E-state index is 0.579. The number of hydrogen-bond donors (Lipinski definition) is 0. The summed E-state index contributed by atoms with van der Waals surface area (Å²) in [6.07, 6.45) is 2.18. The molecule has 0 aliphatic carbocycles. The summed E-state index contributed by atoms with van der Waals surface area (Å²) in [5.74, 6) is 2.00. The van der Waals surface area contributed by atoms with Crippen LogP contribution in [0.4, 0.5) is 0 Å². The van der Waals surface area contributed by atoms with Gasteiger partial charge in [-0.15, -0.1) is 0 Å². The van der Waals surface area contributed by atoms with Crippen LogP contribution in [0.1, 0.15) is 23.3 Å². The number of rotatable bonds is 3. The third kappa shape index (κ3) is 2.97. The largest absolute Gasteiger partial charge is 0.489 e. The Hall–Kier alpha value is -2.26. The van der Waals surface area contributed by atoms with E-state index in [1.807, 2.05) is 30.3 Å². The number of nitrogens with zero attached hydrogens (tertiary/aromatic N) is 1. The number of hydrogen-bond acceptors (Lipinski definition) is 3. The lowest BCUT2D eigenvalue weighted by molar-refractivity contribution is 0.306. The van der Waals surface area contributed by atoms with Gasteiger partial charge in [0.15, 0.2) is 0 Å². The van der Waals surface area contributed by atoms with Gasteiger partial charge in [0.25, 0.3) is 0 Å². The van der Waals surface area contributed by atoms with E-state index in [-0.39, 0.29) is 0 Å². The molecule has 0 bridgehead atoms. The quantitative estimate of drug-likeness (QED) is 0.717. The Bertz CT molecular complexity index is 807. The summed E-state index contributed by atoms with van der Waals surface area (Å²) in [5, 5.41) is 1.22. The number of ether oxygens (including phenoxy) is 1. The maximum atomic E-state index is 6.10. The lowest BCUT2D eigenvalue weighted by Gasteiger charge is -2.12. The van der Waals surface area contributed by atoms with E-state index in [1.165, 1.54) is 16.5 Å². The first-order valence-electron chi connectivity index (χ1n) is 8.19. The normalized spacial score (nSPS) is 15.3. The molecule has 0 atom stereocenters. The van der Waals surface area contributed by atoms with Crippen molar-refractivity contribution in [3.8, 4) is 5.75 Å². The van der Waals surface area contributed by atoms with Crippen LogP contribution < -0.4 is 4.74 Å². The molecule has 0 saturated carbocycles. The molecule has 23 heavy (non-hydrogen) atoms. The predicted octanol–water partition coefficient (Wildman–Crippen LogP) is 4.39. The van der Waals surface area contributed by atoms with Gasteiger partial charge in [-0.05, 0) is 37.7 Å². The van der Waals surface area contributed by atoms with Gasteiger partial charge in [-0.1, -0.05) is 30.3 Å². The summed E-state index contributed by atoms with van der Waals surface area (Å²) >= 11 is 0. The number of fused-ring (bicyclic) bond motifs is 3. The lowest BCUT2D eigenvalue weighted by Crippen LogP contribution is -2.16. The first kappa shape index (κ1) is 14.3. The second kappa shape index (κ2) is 6.09. The van der Waals surface area contributed by atoms with Crippen LogP contribution in [0.15, 0.2) is 52.9 Å². The van der Waals surface area contributed by atoms with Crippen LogP contribution in [0.5, 0.6) is 5.75 Å². The number of benzene rings is 2. The summed E-state index contributed by atoms with van der Waals surface area (Å²) in [4.78, 5) is 2.36. The highest BCUT2D eigenvalue weighted by atomic mass is 16.5. The molecule has 4 rings (SSSR count). The molecule has 0 unspecified atom stereocenters. The van der Waals surface area contributed by atoms with Crippen LogP contribution in [-0.2, 0) is 19.6 Å². The van der Waals surface area contributed by atoms with Crippen LogP contribution in [0, 0.1) is 0 Å². The van der Waals surface area contributed by atoms with Gasteiger partial charge in [0, 0.05) is 30.0 Å². The average Bonchev–Trinajstić information content (AvgIpc) is 2.80. The van der Waals surface area contributed by atoms with Crippen molar-refractivity contribution in [1.82, 2.24) is 4.90 Å². The highest BCUT2D eigenvalue weighted by Crippen LogP contribution is 2.32. The second-order valence-electron chi connectivity index (χ2n) is 6.28. The fraction of sp³-hybridized carbons (Fsp3) is 0.300. The van der Waals surface area contributed by atoms with Crippen molar-refractivity contribution in [2.24, 2.45) is 0 Å². The molecule has 0 saturated heterocycles. The zero-order valence-corrected chi connectivity index (χ0v) is 13.4. The van der Waals surface area contributed by atoms with Gasteiger partial charge in [0.1, 0.15) is 23.7 Å². The molecule has 2 aromatic carbocycles. The van der Waals surface area contributed by atoms with Crippen molar-refractivity contribution in [2.45, 2.75) is 26.0 Å². The smallest absolute Gasteiger partial charge is 0.138 e. The molecule has 3 nitrogen and oxygen atoms in total. The van der Waals surface area contributed by atoms with Crippen LogP contribution in [-0.4, -0.2) is 18.5 Å².